The Kier molecular flexibility index (Phi) is 4.48. The molecule has 0 radical (unpaired) electrons. The SMILES string of the molecule is N#Cc1cc(N(C#N)Cc2ccc([N+](=O)[O-])c(F)c2)ccc1F. The maximum absolute atomic E-state index is 13.6. The largest absolute Gasteiger partial charge is 0.304 e. The molecule has 0 fully saturated rings. The van der Waals surface area contributed by atoms with Crippen molar-refractivity contribution in [2.24, 2.45) is 0 Å². The molecule has 0 aromatic heterocycles. The number of halogens is 2. The van der Waals surface area contributed by atoms with Crippen LogP contribution in [0, 0.1) is 44.5 Å². The standard InChI is InChI=1S/C15H8F2N4O2/c16-13-3-2-12(6-11(13)7-18)20(9-19)8-10-1-4-15(21(22)23)14(17)5-10/h1-6H,8H2. The van der Waals surface area contributed by atoms with Crippen molar-refractivity contribution in [3.05, 3.63) is 69.3 Å². The Balaban J connectivity index is 2.30. The number of benzene rings is 2. The third-order valence-corrected chi connectivity index (χ3v) is 3.05. The Morgan fingerprint density at radius 3 is 2.43 bits per heavy atom. The summed E-state index contributed by atoms with van der Waals surface area (Å²) < 4.78 is 26.9. The van der Waals surface area contributed by atoms with E-state index in [1.165, 1.54) is 18.2 Å². The zero-order valence-electron chi connectivity index (χ0n) is 11.5. The van der Waals surface area contributed by atoms with Gasteiger partial charge in [0.25, 0.3) is 0 Å². The van der Waals surface area contributed by atoms with Crippen LogP contribution in [0.1, 0.15) is 11.1 Å². The fourth-order valence-corrected chi connectivity index (χ4v) is 1.93. The molecule has 0 saturated carbocycles. The van der Waals surface area contributed by atoms with Gasteiger partial charge in [-0.1, -0.05) is 6.07 Å². The van der Waals surface area contributed by atoms with Crippen LogP contribution in [0.3, 0.4) is 0 Å². The number of nitro groups is 1. The Morgan fingerprint density at radius 1 is 1.13 bits per heavy atom. The molecule has 0 aliphatic carbocycles. The van der Waals surface area contributed by atoms with Crippen LogP contribution in [0.4, 0.5) is 20.2 Å². The topological polar surface area (TPSA) is 94.0 Å². The van der Waals surface area contributed by atoms with Gasteiger partial charge in [-0.05, 0) is 29.8 Å². The highest BCUT2D eigenvalue weighted by molar-refractivity contribution is 5.55. The van der Waals surface area contributed by atoms with Crippen molar-refractivity contribution < 1.29 is 13.7 Å². The molecule has 2 aromatic carbocycles. The van der Waals surface area contributed by atoms with E-state index in [2.05, 4.69) is 0 Å². The smallest absolute Gasteiger partial charge is 0.275 e. The van der Waals surface area contributed by atoms with E-state index in [0.717, 1.165) is 23.1 Å². The molecule has 0 heterocycles. The number of hydrogen-bond acceptors (Lipinski definition) is 5. The lowest BCUT2D eigenvalue weighted by Crippen LogP contribution is -2.16. The molecule has 23 heavy (non-hydrogen) atoms. The summed E-state index contributed by atoms with van der Waals surface area (Å²) in [6, 6.07) is 8.49. The van der Waals surface area contributed by atoms with Crippen molar-refractivity contribution in [3.63, 3.8) is 0 Å². The van der Waals surface area contributed by atoms with Crippen LogP contribution in [0.15, 0.2) is 36.4 Å². The number of hydrogen-bond donors (Lipinski definition) is 0. The first-order valence-electron chi connectivity index (χ1n) is 6.26. The fraction of sp³-hybridized carbons (Fsp3) is 0.0667. The molecule has 0 aliphatic heterocycles. The van der Waals surface area contributed by atoms with Crippen LogP contribution >= 0.6 is 0 Å². The summed E-state index contributed by atoms with van der Waals surface area (Å²) in [4.78, 5) is 10.8. The van der Waals surface area contributed by atoms with E-state index in [1.807, 2.05) is 6.19 Å². The third-order valence-electron chi connectivity index (χ3n) is 3.05. The maximum atomic E-state index is 13.6. The molecule has 0 amide bonds. The minimum atomic E-state index is -1.01. The Bertz CT molecular complexity index is 856. The Labute approximate surface area is 129 Å². The second-order valence-corrected chi connectivity index (χ2v) is 4.50. The van der Waals surface area contributed by atoms with Gasteiger partial charge in [-0.3, -0.25) is 15.0 Å². The van der Waals surface area contributed by atoms with Crippen molar-refractivity contribution in [3.8, 4) is 12.3 Å². The molecule has 0 unspecified atom stereocenters. The molecule has 8 heteroatoms. The quantitative estimate of drug-likeness (QED) is 0.374. The number of nitro benzene ring substituents is 1. The van der Waals surface area contributed by atoms with E-state index in [9.17, 15) is 24.2 Å². The van der Waals surface area contributed by atoms with Gasteiger partial charge in [0.2, 0.25) is 5.82 Å². The first-order chi connectivity index (χ1) is 11.0. The van der Waals surface area contributed by atoms with Gasteiger partial charge < -0.3 is 0 Å². The number of rotatable bonds is 4. The number of anilines is 1. The monoisotopic (exact) mass is 314 g/mol. The second-order valence-electron chi connectivity index (χ2n) is 4.50. The van der Waals surface area contributed by atoms with Crippen LogP contribution < -0.4 is 4.90 Å². The predicted octanol–water partition coefficient (Wildman–Crippen LogP) is 3.23. The van der Waals surface area contributed by atoms with Crippen molar-refractivity contribution >= 4 is 11.4 Å². The van der Waals surface area contributed by atoms with Crippen molar-refractivity contribution in [1.29, 1.82) is 10.5 Å². The molecule has 0 bridgehead atoms. The summed E-state index contributed by atoms with van der Waals surface area (Å²) in [5, 5.41) is 28.6. The first kappa shape index (κ1) is 15.9. The normalized spacial score (nSPS) is 9.74. The molecule has 0 N–H and O–H groups in total. The first-order valence-corrected chi connectivity index (χ1v) is 6.26. The summed E-state index contributed by atoms with van der Waals surface area (Å²) in [7, 11) is 0. The van der Waals surface area contributed by atoms with E-state index in [1.54, 1.807) is 6.07 Å². The van der Waals surface area contributed by atoms with Crippen LogP contribution in [0.2, 0.25) is 0 Å². The molecular formula is C15H8F2N4O2. The van der Waals surface area contributed by atoms with Crippen LogP contribution in [-0.4, -0.2) is 4.92 Å². The van der Waals surface area contributed by atoms with Crippen LogP contribution in [0.5, 0.6) is 0 Å². The number of nitriles is 2. The summed E-state index contributed by atoms with van der Waals surface area (Å²) >= 11 is 0. The van der Waals surface area contributed by atoms with Crippen LogP contribution in [0.25, 0.3) is 0 Å². The van der Waals surface area contributed by atoms with E-state index in [-0.39, 0.29) is 17.8 Å². The predicted molar refractivity (Wildman–Crippen MR) is 76.0 cm³/mol. The lowest BCUT2D eigenvalue weighted by atomic mass is 10.1. The van der Waals surface area contributed by atoms with Gasteiger partial charge in [0, 0.05) is 6.07 Å². The highest BCUT2D eigenvalue weighted by Gasteiger charge is 2.16. The van der Waals surface area contributed by atoms with Crippen molar-refractivity contribution in [2.75, 3.05) is 4.90 Å². The van der Waals surface area contributed by atoms with Crippen LogP contribution in [-0.2, 0) is 6.54 Å². The fourth-order valence-electron chi connectivity index (χ4n) is 1.93. The maximum Gasteiger partial charge on any atom is 0.304 e. The van der Waals surface area contributed by atoms with Gasteiger partial charge in [-0.25, -0.2) is 4.39 Å². The van der Waals surface area contributed by atoms with Crippen molar-refractivity contribution in [1.82, 2.24) is 0 Å². The van der Waals surface area contributed by atoms with Crippen molar-refractivity contribution in [2.45, 2.75) is 6.54 Å². The zero-order chi connectivity index (χ0) is 17.0. The van der Waals surface area contributed by atoms with E-state index >= 15 is 0 Å². The number of nitrogens with zero attached hydrogens (tertiary/aromatic N) is 4. The van der Waals surface area contributed by atoms with Gasteiger partial charge in [-0.15, -0.1) is 0 Å². The Morgan fingerprint density at radius 2 is 1.87 bits per heavy atom. The minimum absolute atomic E-state index is 0.0814. The highest BCUT2D eigenvalue weighted by atomic mass is 19.1. The molecule has 0 spiro atoms. The summed E-state index contributed by atoms with van der Waals surface area (Å²) in [5.74, 6) is -1.72. The molecule has 6 nitrogen and oxygen atoms in total. The van der Waals surface area contributed by atoms with E-state index < -0.39 is 22.2 Å². The lowest BCUT2D eigenvalue weighted by Gasteiger charge is -2.16. The molecular weight excluding hydrogens is 306 g/mol. The average molecular weight is 314 g/mol. The average Bonchev–Trinajstić information content (AvgIpc) is 2.53. The lowest BCUT2D eigenvalue weighted by molar-refractivity contribution is -0.387. The molecule has 0 aliphatic rings. The zero-order valence-corrected chi connectivity index (χ0v) is 11.5. The van der Waals surface area contributed by atoms with Gasteiger partial charge in [0.05, 0.1) is 22.7 Å². The van der Waals surface area contributed by atoms with Gasteiger partial charge in [0.1, 0.15) is 11.9 Å². The summed E-state index contributed by atoms with van der Waals surface area (Å²) in [6.45, 7) is -0.0814. The van der Waals surface area contributed by atoms with E-state index in [4.69, 9.17) is 5.26 Å². The third kappa shape index (κ3) is 3.39. The molecule has 114 valence electrons. The molecule has 2 rings (SSSR count). The summed E-state index contributed by atoms with van der Waals surface area (Å²) in [5.41, 5.74) is -0.315. The van der Waals surface area contributed by atoms with E-state index in [0.29, 0.717) is 5.56 Å². The summed E-state index contributed by atoms with van der Waals surface area (Å²) in [6.07, 6.45) is 1.84. The second kappa shape index (κ2) is 6.50. The highest BCUT2D eigenvalue weighted by Crippen LogP contribution is 2.23. The van der Waals surface area contributed by atoms with Gasteiger partial charge in [0.15, 0.2) is 6.19 Å². The minimum Gasteiger partial charge on any atom is -0.275 e. The Hall–Kier alpha value is -3.52. The molecule has 0 saturated heterocycles. The molecule has 0 atom stereocenters. The van der Waals surface area contributed by atoms with Gasteiger partial charge in [-0.2, -0.15) is 14.9 Å². The molecule has 2 aromatic rings. The van der Waals surface area contributed by atoms with Gasteiger partial charge >= 0.3 is 5.69 Å².